The van der Waals surface area contributed by atoms with Gasteiger partial charge in [-0.2, -0.15) is 0 Å². The van der Waals surface area contributed by atoms with E-state index in [1.807, 2.05) is 13.8 Å². The van der Waals surface area contributed by atoms with E-state index in [2.05, 4.69) is 10.1 Å². The second-order valence-electron chi connectivity index (χ2n) is 3.59. The largest absolute Gasteiger partial charge is 0.395 e. The third-order valence-corrected chi connectivity index (χ3v) is 2.42. The zero-order valence-corrected chi connectivity index (χ0v) is 9.36. The Hall–Kier alpha value is -0.910. The fourth-order valence-electron chi connectivity index (χ4n) is 1.55. The lowest BCUT2D eigenvalue weighted by atomic mass is 10.2. The molecule has 0 fully saturated rings. The summed E-state index contributed by atoms with van der Waals surface area (Å²) in [5.74, 6) is 0.840. The van der Waals surface area contributed by atoms with Gasteiger partial charge in [0.1, 0.15) is 5.76 Å². The molecule has 0 spiro atoms. The van der Waals surface area contributed by atoms with Crippen molar-refractivity contribution in [2.45, 2.75) is 20.4 Å². The summed E-state index contributed by atoms with van der Waals surface area (Å²) in [4.78, 5) is 2.09. The Labute approximate surface area is 89.8 Å². The van der Waals surface area contributed by atoms with Gasteiger partial charge in [0, 0.05) is 31.7 Å². The molecule has 1 aromatic heterocycles. The van der Waals surface area contributed by atoms with Crippen molar-refractivity contribution in [2.75, 3.05) is 26.2 Å². The van der Waals surface area contributed by atoms with Crippen LogP contribution in [0, 0.1) is 13.8 Å². The molecule has 86 valence electrons. The average Bonchev–Trinajstić information content (AvgIpc) is 2.50. The first-order valence-electron chi connectivity index (χ1n) is 5.14. The van der Waals surface area contributed by atoms with Crippen LogP contribution >= 0.6 is 0 Å². The molecule has 1 heterocycles. The summed E-state index contributed by atoms with van der Waals surface area (Å²) in [5, 5.41) is 12.8. The predicted molar refractivity (Wildman–Crippen MR) is 57.4 cm³/mol. The van der Waals surface area contributed by atoms with Crippen LogP contribution in [0.25, 0.3) is 0 Å². The summed E-state index contributed by atoms with van der Waals surface area (Å²) >= 11 is 0. The number of aromatic nitrogens is 1. The molecule has 0 atom stereocenters. The molecule has 0 unspecified atom stereocenters. The zero-order chi connectivity index (χ0) is 11.3. The van der Waals surface area contributed by atoms with Gasteiger partial charge in [0.05, 0.1) is 12.3 Å². The molecule has 0 saturated carbocycles. The molecular weight excluding hydrogens is 194 g/mol. The standard InChI is InChI=1S/C10H19N3O2/c1-8-10(9(2)15-12-8)7-13(4-3-11)5-6-14/h14H,3-7,11H2,1-2H3. The topological polar surface area (TPSA) is 75.5 Å². The van der Waals surface area contributed by atoms with E-state index in [0.29, 0.717) is 13.1 Å². The maximum Gasteiger partial charge on any atom is 0.138 e. The fourth-order valence-corrected chi connectivity index (χ4v) is 1.55. The van der Waals surface area contributed by atoms with Gasteiger partial charge in [0.25, 0.3) is 0 Å². The summed E-state index contributed by atoms with van der Waals surface area (Å²) in [7, 11) is 0. The van der Waals surface area contributed by atoms with Gasteiger partial charge in [-0.1, -0.05) is 5.16 Å². The Balaban J connectivity index is 2.64. The minimum atomic E-state index is 0.142. The second-order valence-corrected chi connectivity index (χ2v) is 3.59. The van der Waals surface area contributed by atoms with E-state index in [4.69, 9.17) is 15.4 Å². The lowest BCUT2D eigenvalue weighted by Crippen LogP contribution is -2.31. The number of hydrogen-bond acceptors (Lipinski definition) is 5. The smallest absolute Gasteiger partial charge is 0.138 e. The van der Waals surface area contributed by atoms with Gasteiger partial charge < -0.3 is 15.4 Å². The first-order chi connectivity index (χ1) is 7.19. The van der Waals surface area contributed by atoms with Crippen molar-refractivity contribution >= 4 is 0 Å². The number of aliphatic hydroxyl groups is 1. The molecule has 5 heteroatoms. The molecule has 0 aliphatic rings. The van der Waals surface area contributed by atoms with Crippen LogP contribution in [0.15, 0.2) is 4.52 Å². The molecule has 15 heavy (non-hydrogen) atoms. The lowest BCUT2D eigenvalue weighted by Gasteiger charge is -2.19. The van der Waals surface area contributed by atoms with Crippen LogP contribution < -0.4 is 5.73 Å². The van der Waals surface area contributed by atoms with Crippen molar-refractivity contribution in [3.63, 3.8) is 0 Å². The number of aryl methyl sites for hydroxylation is 2. The molecule has 0 aliphatic carbocycles. The van der Waals surface area contributed by atoms with Crippen molar-refractivity contribution in [3.05, 3.63) is 17.0 Å². The van der Waals surface area contributed by atoms with Crippen LogP contribution in [0.3, 0.4) is 0 Å². The maximum atomic E-state index is 8.91. The number of nitrogens with zero attached hydrogens (tertiary/aromatic N) is 2. The first-order valence-corrected chi connectivity index (χ1v) is 5.14. The van der Waals surface area contributed by atoms with Crippen LogP contribution in [-0.2, 0) is 6.54 Å². The molecule has 0 saturated heterocycles. The Morgan fingerprint density at radius 1 is 1.40 bits per heavy atom. The van der Waals surface area contributed by atoms with Crippen LogP contribution in [0.1, 0.15) is 17.0 Å². The van der Waals surface area contributed by atoms with E-state index in [9.17, 15) is 0 Å². The molecule has 1 rings (SSSR count). The van der Waals surface area contributed by atoms with Crippen molar-refractivity contribution in [1.29, 1.82) is 0 Å². The Kier molecular flexibility index (Phi) is 4.74. The maximum absolute atomic E-state index is 8.91. The summed E-state index contributed by atoms with van der Waals surface area (Å²) in [6.45, 7) is 6.68. The molecular formula is C10H19N3O2. The number of rotatable bonds is 6. The number of nitrogens with two attached hydrogens (primary N) is 1. The van der Waals surface area contributed by atoms with Crippen LogP contribution in [0.2, 0.25) is 0 Å². The number of hydrogen-bond donors (Lipinski definition) is 2. The highest BCUT2D eigenvalue weighted by molar-refractivity contribution is 5.20. The van der Waals surface area contributed by atoms with Gasteiger partial charge in [-0.05, 0) is 13.8 Å². The minimum Gasteiger partial charge on any atom is -0.395 e. The molecule has 0 aromatic carbocycles. The molecule has 3 N–H and O–H groups in total. The van der Waals surface area contributed by atoms with E-state index in [-0.39, 0.29) is 6.61 Å². The monoisotopic (exact) mass is 213 g/mol. The SMILES string of the molecule is Cc1noc(C)c1CN(CCN)CCO. The van der Waals surface area contributed by atoms with Gasteiger partial charge in [-0.15, -0.1) is 0 Å². The van der Waals surface area contributed by atoms with E-state index >= 15 is 0 Å². The Morgan fingerprint density at radius 2 is 2.13 bits per heavy atom. The number of aliphatic hydroxyl groups excluding tert-OH is 1. The summed E-state index contributed by atoms with van der Waals surface area (Å²) < 4.78 is 5.08. The van der Waals surface area contributed by atoms with Crippen LogP contribution in [0.4, 0.5) is 0 Å². The Bertz CT molecular complexity index is 273. The fraction of sp³-hybridized carbons (Fsp3) is 0.700. The van der Waals surface area contributed by atoms with Crippen molar-refractivity contribution < 1.29 is 9.63 Å². The minimum absolute atomic E-state index is 0.142. The molecule has 0 amide bonds. The molecule has 5 nitrogen and oxygen atoms in total. The normalized spacial score (nSPS) is 11.3. The predicted octanol–water partition coefficient (Wildman–Crippen LogP) is 0.0444. The van der Waals surface area contributed by atoms with E-state index in [1.165, 1.54) is 0 Å². The molecule has 0 aliphatic heterocycles. The van der Waals surface area contributed by atoms with Crippen molar-refractivity contribution in [3.8, 4) is 0 Å². The average molecular weight is 213 g/mol. The van der Waals surface area contributed by atoms with Crippen LogP contribution in [-0.4, -0.2) is 41.4 Å². The molecule has 0 bridgehead atoms. The second kappa shape index (κ2) is 5.85. The van der Waals surface area contributed by atoms with Gasteiger partial charge in [0.15, 0.2) is 0 Å². The molecule has 1 aromatic rings. The van der Waals surface area contributed by atoms with Gasteiger partial charge >= 0.3 is 0 Å². The van der Waals surface area contributed by atoms with Gasteiger partial charge in [-0.25, -0.2) is 0 Å². The molecule has 0 radical (unpaired) electrons. The summed E-state index contributed by atoms with van der Waals surface area (Å²) in [5.41, 5.74) is 7.51. The van der Waals surface area contributed by atoms with Gasteiger partial charge in [0.2, 0.25) is 0 Å². The van der Waals surface area contributed by atoms with Crippen LogP contribution in [0.5, 0.6) is 0 Å². The highest BCUT2D eigenvalue weighted by Crippen LogP contribution is 2.14. The summed E-state index contributed by atoms with van der Waals surface area (Å²) in [6.07, 6.45) is 0. The highest BCUT2D eigenvalue weighted by Gasteiger charge is 2.12. The third kappa shape index (κ3) is 3.30. The lowest BCUT2D eigenvalue weighted by molar-refractivity contribution is 0.193. The first kappa shape index (κ1) is 12.2. The zero-order valence-electron chi connectivity index (χ0n) is 9.36. The van der Waals surface area contributed by atoms with Gasteiger partial charge in [-0.3, -0.25) is 4.90 Å². The summed E-state index contributed by atoms with van der Waals surface area (Å²) in [6, 6.07) is 0. The highest BCUT2D eigenvalue weighted by atomic mass is 16.5. The van der Waals surface area contributed by atoms with E-state index in [0.717, 1.165) is 30.1 Å². The van der Waals surface area contributed by atoms with E-state index < -0.39 is 0 Å². The third-order valence-electron chi connectivity index (χ3n) is 2.42. The quantitative estimate of drug-likeness (QED) is 0.698. The van der Waals surface area contributed by atoms with E-state index in [1.54, 1.807) is 0 Å². The Morgan fingerprint density at radius 3 is 2.60 bits per heavy atom. The van der Waals surface area contributed by atoms with Crippen molar-refractivity contribution in [2.24, 2.45) is 5.73 Å². The van der Waals surface area contributed by atoms with Crippen molar-refractivity contribution in [1.82, 2.24) is 10.1 Å².